The molecular weight excluding hydrogens is 414 g/mol. The van der Waals surface area contributed by atoms with Crippen LogP contribution in [0.4, 0.5) is 5.69 Å². The third-order valence-corrected chi connectivity index (χ3v) is 6.06. The Balaban J connectivity index is 1.52. The summed E-state index contributed by atoms with van der Waals surface area (Å²) in [6.07, 6.45) is 2.27. The molecule has 0 amide bonds. The number of hydrogen-bond acceptors (Lipinski definition) is 4. The zero-order valence-electron chi connectivity index (χ0n) is 17.0. The lowest BCUT2D eigenvalue weighted by Gasteiger charge is -2.13. The standard InChI is InChI=1S/C24H25NO5S/c26-24(27)18-19-9-8-12-21(17-19)30-16-7-6-11-20-10-4-5-15-23(20)25-31(28,29)22-13-2-1-3-14-22/h1-5,8-10,12-15,17,25H,6-7,11,16,18H2,(H,26,27). The van der Waals surface area contributed by atoms with Crippen molar-refractivity contribution in [2.24, 2.45) is 0 Å². The fourth-order valence-corrected chi connectivity index (χ4v) is 4.29. The second-order valence-electron chi connectivity index (χ2n) is 7.10. The Labute approximate surface area is 182 Å². The van der Waals surface area contributed by atoms with Gasteiger partial charge in [-0.1, -0.05) is 48.5 Å². The van der Waals surface area contributed by atoms with Crippen molar-refractivity contribution in [2.75, 3.05) is 11.3 Å². The molecule has 0 fully saturated rings. The Morgan fingerprint density at radius 2 is 1.65 bits per heavy atom. The predicted molar refractivity (Wildman–Crippen MR) is 120 cm³/mol. The summed E-state index contributed by atoms with van der Waals surface area (Å²) in [6.45, 7) is 0.494. The van der Waals surface area contributed by atoms with Gasteiger partial charge in [0, 0.05) is 0 Å². The Bertz CT molecular complexity index is 1110. The first-order valence-electron chi connectivity index (χ1n) is 10.0. The summed E-state index contributed by atoms with van der Waals surface area (Å²) < 4.78 is 33.6. The van der Waals surface area contributed by atoms with E-state index >= 15 is 0 Å². The molecule has 0 aromatic heterocycles. The topological polar surface area (TPSA) is 92.7 Å². The fourth-order valence-electron chi connectivity index (χ4n) is 3.17. The first kappa shape index (κ1) is 22.4. The molecule has 2 N–H and O–H groups in total. The van der Waals surface area contributed by atoms with Gasteiger partial charge in [-0.2, -0.15) is 0 Å². The molecular formula is C24H25NO5S. The smallest absolute Gasteiger partial charge is 0.307 e. The number of carboxylic acids is 1. The van der Waals surface area contributed by atoms with Crippen molar-refractivity contribution in [1.82, 2.24) is 0 Å². The van der Waals surface area contributed by atoms with Gasteiger partial charge in [-0.15, -0.1) is 0 Å². The van der Waals surface area contributed by atoms with Gasteiger partial charge in [-0.3, -0.25) is 9.52 Å². The lowest BCUT2D eigenvalue weighted by molar-refractivity contribution is -0.136. The predicted octanol–water partition coefficient (Wildman–Crippen LogP) is 4.52. The van der Waals surface area contributed by atoms with Crippen molar-refractivity contribution in [3.8, 4) is 5.75 Å². The highest BCUT2D eigenvalue weighted by Gasteiger charge is 2.15. The zero-order valence-corrected chi connectivity index (χ0v) is 17.8. The highest BCUT2D eigenvalue weighted by Crippen LogP contribution is 2.22. The van der Waals surface area contributed by atoms with Crippen molar-refractivity contribution in [2.45, 2.75) is 30.6 Å². The molecule has 0 aliphatic carbocycles. The van der Waals surface area contributed by atoms with Crippen LogP contribution in [0.15, 0.2) is 83.8 Å². The Kier molecular flexibility index (Phi) is 7.67. The number of aliphatic carboxylic acids is 1. The van der Waals surface area contributed by atoms with Crippen LogP contribution in [0.5, 0.6) is 5.75 Å². The molecule has 0 saturated heterocycles. The number of carboxylic acid groups (broad SMARTS) is 1. The van der Waals surface area contributed by atoms with E-state index in [0.29, 0.717) is 30.0 Å². The molecule has 0 heterocycles. The van der Waals surface area contributed by atoms with Gasteiger partial charge < -0.3 is 9.84 Å². The monoisotopic (exact) mass is 439 g/mol. The Hall–Kier alpha value is -3.32. The number of aryl methyl sites for hydroxylation is 1. The summed E-state index contributed by atoms with van der Waals surface area (Å²) in [7, 11) is -3.64. The molecule has 31 heavy (non-hydrogen) atoms. The van der Waals surface area contributed by atoms with E-state index in [9.17, 15) is 13.2 Å². The molecule has 162 valence electrons. The van der Waals surface area contributed by atoms with E-state index in [2.05, 4.69) is 4.72 Å². The number of rotatable bonds is 11. The molecule has 0 aliphatic heterocycles. The number of ether oxygens (including phenoxy) is 1. The van der Waals surface area contributed by atoms with Crippen molar-refractivity contribution in [1.29, 1.82) is 0 Å². The van der Waals surface area contributed by atoms with E-state index in [1.807, 2.05) is 12.1 Å². The highest BCUT2D eigenvalue weighted by atomic mass is 32.2. The number of anilines is 1. The van der Waals surface area contributed by atoms with Crippen molar-refractivity contribution < 1.29 is 23.1 Å². The van der Waals surface area contributed by atoms with Gasteiger partial charge in [0.2, 0.25) is 0 Å². The minimum absolute atomic E-state index is 0.0348. The van der Waals surface area contributed by atoms with Gasteiger partial charge in [-0.05, 0) is 60.7 Å². The Morgan fingerprint density at radius 3 is 2.42 bits per heavy atom. The van der Waals surface area contributed by atoms with Gasteiger partial charge in [0.1, 0.15) is 5.75 Å². The third kappa shape index (κ3) is 6.86. The summed E-state index contributed by atoms with van der Waals surface area (Å²) in [5.74, 6) is -0.228. The minimum atomic E-state index is -3.64. The number of unbranched alkanes of at least 4 members (excludes halogenated alkanes) is 1. The Morgan fingerprint density at radius 1 is 0.903 bits per heavy atom. The van der Waals surface area contributed by atoms with Crippen LogP contribution in [0, 0.1) is 0 Å². The first-order chi connectivity index (χ1) is 14.9. The second kappa shape index (κ2) is 10.6. The summed E-state index contributed by atoms with van der Waals surface area (Å²) in [6, 6.07) is 22.7. The van der Waals surface area contributed by atoms with Crippen molar-refractivity contribution in [3.05, 3.63) is 90.0 Å². The van der Waals surface area contributed by atoms with Gasteiger partial charge in [-0.25, -0.2) is 8.42 Å². The van der Waals surface area contributed by atoms with Crippen molar-refractivity contribution >= 4 is 21.7 Å². The molecule has 3 aromatic rings. The van der Waals surface area contributed by atoms with E-state index in [1.165, 1.54) is 0 Å². The second-order valence-corrected chi connectivity index (χ2v) is 8.78. The van der Waals surface area contributed by atoms with Crippen LogP contribution >= 0.6 is 0 Å². The first-order valence-corrected chi connectivity index (χ1v) is 11.5. The van der Waals surface area contributed by atoms with E-state index < -0.39 is 16.0 Å². The average Bonchev–Trinajstić information content (AvgIpc) is 2.75. The molecule has 0 aliphatic rings. The molecule has 3 aromatic carbocycles. The van der Waals surface area contributed by atoms with Crippen LogP contribution in [-0.4, -0.2) is 26.1 Å². The average molecular weight is 440 g/mol. The molecule has 0 atom stereocenters. The van der Waals surface area contributed by atoms with Crippen LogP contribution in [0.3, 0.4) is 0 Å². The largest absolute Gasteiger partial charge is 0.494 e. The van der Waals surface area contributed by atoms with Crippen LogP contribution in [0.1, 0.15) is 24.0 Å². The number of para-hydroxylation sites is 1. The third-order valence-electron chi connectivity index (χ3n) is 4.68. The van der Waals surface area contributed by atoms with Crippen LogP contribution in [0.25, 0.3) is 0 Å². The molecule has 0 spiro atoms. The van der Waals surface area contributed by atoms with Crippen LogP contribution < -0.4 is 9.46 Å². The molecule has 0 bridgehead atoms. The van der Waals surface area contributed by atoms with Crippen LogP contribution in [-0.2, 0) is 27.7 Å². The molecule has 3 rings (SSSR count). The quantitative estimate of drug-likeness (QED) is 0.429. The number of hydrogen-bond donors (Lipinski definition) is 2. The van der Waals surface area contributed by atoms with E-state index in [1.54, 1.807) is 66.7 Å². The van der Waals surface area contributed by atoms with E-state index in [4.69, 9.17) is 9.84 Å². The number of nitrogens with one attached hydrogen (secondary N) is 1. The van der Waals surface area contributed by atoms with Crippen LogP contribution in [0.2, 0.25) is 0 Å². The lowest BCUT2D eigenvalue weighted by atomic mass is 10.1. The molecule has 0 saturated carbocycles. The molecule has 0 unspecified atom stereocenters. The lowest BCUT2D eigenvalue weighted by Crippen LogP contribution is -2.14. The molecule has 0 radical (unpaired) electrons. The summed E-state index contributed by atoms with van der Waals surface area (Å²) in [4.78, 5) is 11.1. The van der Waals surface area contributed by atoms with Gasteiger partial charge in [0.05, 0.1) is 23.6 Å². The maximum Gasteiger partial charge on any atom is 0.307 e. The summed E-state index contributed by atoms with van der Waals surface area (Å²) in [5.41, 5.74) is 2.20. The highest BCUT2D eigenvalue weighted by molar-refractivity contribution is 7.92. The molecule has 7 heteroatoms. The zero-order chi connectivity index (χ0) is 22.1. The van der Waals surface area contributed by atoms with E-state index in [0.717, 1.165) is 18.4 Å². The fraction of sp³-hybridized carbons (Fsp3) is 0.208. The summed E-state index contributed by atoms with van der Waals surface area (Å²) in [5, 5.41) is 8.89. The maximum atomic E-state index is 12.6. The number of sulfonamides is 1. The van der Waals surface area contributed by atoms with Gasteiger partial charge in [0.15, 0.2) is 0 Å². The SMILES string of the molecule is O=C(O)Cc1cccc(OCCCCc2ccccc2NS(=O)(=O)c2ccccc2)c1. The van der Waals surface area contributed by atoms with Gasteiger partial charge >= 0.3 is 5.97 Å². The summed E-state index contributed by atoms with van der Waals surface area (Å²) >= 11 is 0. The number of benzene rings is 3. The molecule has 6 nitrogen and oxygen atoms in total. The normalized spacial score (nSPS) is 11.1. The maximum absolute atomic E-state index is 12.6. The van der Waals surface area contributed by atoms with E-state index in [-0.39, 0.29) is 11.3 Å². The van der Waals surface area contributed by atoms with Gasteiger partial charge in [0.25, 0.3) is 10.0 Å². The van der Waals surface area contributed by atoms with Crippen molar-refractivity contribution in [3.63, 3.8) is 0 Å². The number of carbonyl (C=O) groups is 1. The minimum Gasteiger partial charge on any atom is -0.494 e.